The van der Waals surface area contributed by atoms with Crippen molar-refractivity contribution >= 4 is 34.2 Å². The zero-order valence-electron chi connectivity index (χ0n) is 6.27. The Bertz CT molecular complexity index is 356. The second-order valence-corrected chi connectivity index (χ2v) is 3.81. The van der Waals surface area contributed by atoms with Gasteiger partial charge in [-0.3, -0.25) is 14.9 Å². The van der Waals surface area contributed by atoms with E-state index in [0.717, 1.165) is 0 Å². The molecule has 0 amide bonds. The number of benzene rings is 1. The van der Waals surface area contributed by atoms with Crippen LogP contribution < -0.4 is 0 Å². The zero-order chi connectivity index (χ0) is 9.84. The van der Waals surface area contributed by atoms with E-state index in [0.29, 0.717) is 33.2 Å². The predicted molar refractivity (Wildman–Crippen MR) is 52.4 cm³/mol. The second kappa shape index (κ2) is 4.38. The quantitative estimate of drug-likeness (QED) is 0.363. The number of carbonyl (C=O) groups is 1. The highest BCUT2D eigenvalue weighted by atomic mass is 79.9. The van der Waals surface area contributed by atoms with Crippen LogP contribution in [-0.4, -0.2) is 10.6 Å². The van der Waals surface area contributed by atoms with Gasteiger partial charge < -0.3 is 0 Å². The topological polar surface area (TPSA) is 60.2 Å². The van der Waals surface area contributed by atoms with Gasteiger partial charge in [0.1, 0.15) is 4.33 Å². The van der Waals surface area contributed by atoms with Crippen molar-refractivity contribution in [3.63, 3.8) is 0 Å². The molecular weight excluding hydrogens is 258 g/mol. The lowest BCUT2D eigenvalue weighted by atomic mass is 10.2. The number of aldehydes is 1. The zero-order valence-corrected chi connectivity index (χ0v) is 8.67. The molecular formula is C7H4BrNO3S. The number of rotatable bonds is 3. The van der Waals surface area contributed by atoms with Gasteiger partial charge in [0, 0.05) is 10.0 Å². The van der Waals surface area contributed by atoms with Gasteiger partial charge >= 0.3 is 0 Å². The Kier molecular flexibility index (Phi) is 3.44. The molecule has 0 heterocycles. The molecule has 6 heteroatoms. The van der Waals surface area contributed by atoms with Crippen LogP contribution in [0.3, 0.4) is 0 Å². The molecule has 1 aromatic rings. The summed E-state index contributed by atoms with van der Waals surface area (Å²) < 4.78 is -0.0546. The van der Waals surface area contributed by atoms with Crippen LogP contribution in [0.1, 0.15) is 10.4 Å². The molecule has 0 bridgehead atoms. The first kappa shape index (κ1) is 10.2. The van der Waals surface area contributed by atoms with Crippen molar-refractivity contribution in [1.82, 2.24) is 0 Å². The first-order valence-corrected chi connectivity index (χ1v) is 4.78. The highest BCUT2D eigenvalue weighted by Gasteiger charge is 2.12. The van der Waals surface area contributed by atoms with Crippen molar-refractivity contribution in [2.45, 2.75) is 4.90 Å². The first-order chi connectivity index (χ1) is 6.15. The van der Waals surface area contributed by atoms with Crippen molar-refractivity contribution in [1.29, 1.82) is 0 Å². The molecule has 0 aliphatic heterocycles. The number of hydrogen-bond acceptors (Lipinski definition) is 4. The number of carbonyl (C=O) groups excluding carboxylic acids is 1. The van der Waals surface area contributed by atoms with E-state index in [4.69, 9.17) is 0 Å². The highest BCUT2D eigenvalue weighted by Crippen LogP contribution is 2.29. The van der Waals surface area contributed by atoms with Gasteiger partial charge in [0.25, 0.3) is 11.9 Å². The summed E-state index contributed by atoms with van der Waals surface area (Å²) in [6.07, 6.45) is 0.647. The number of nitrogens with zero attached hydrogens (tertiary/aromatic N) is 1. The Hall–Kier alpha value is -0.880. The molecule has 0 atom stereocenters. The summed E-state index contributed by atoms with van der Waals surface area (Å²) in [5.74, 6) is 0. The molecule has 68 valence electrons. The molecule has 0 radical (unpaired) electrons. The molecule has 0 spiro atoms. The SMILES string of the molecule is O=Cc1cccc(S[N+](=O)[O-])c1Br. The standard InChI is InChI=1S/C7H4BrNO3S/c8-7-5(4-10)2-1-3-6(7)13-9(11)12/h1-4H. The molecule has 0 aliphatic rings. The average molecular weight is 262 g/mol. The van der Waals surface area contributed by atoms with Crippen LogP contribution >= 0.6 is 27.9 Å². The van der Waals surface area contributed by atoms with E-state index in [1.807, 2.05) is 0 Å². The number of halogens is 1. The fourth-order valence-corrected chi connectivity index (χ4v) is 1.84. The van der Waals surface area contributed by atoms with Gasteiger partial charge in [0.2, 0.25) is 0 Å². The Morgan fingerprint density at radius 3 is 2.77 bits per heavy atom. The lowest BCUT2D eigenvalue weighted by Crippen LogP contribution is -1.88. The van der Waals surface area contributed by atoms with Gasteiger partial charge in [-0.15, -0.1) is 0 Å². The van der Waals surface area contributed by atoms with Crippen LogP contribution in [-0.2, 0) is 0 Å². The average Bonchev–Trinajstić information content (AvgIpc) is 2.08. The third-order valence-electron chi connectivity index (χ3n) is 1.29. The van der Waals surface area contributed by atoms with E-state index in [1.165, 1.54) is 0 Å². The van der Waals surface area contributed by atoms with E-state index in [1.54, 1.807) is 18.2 Å². The molecule has 0 fully saturated rings. The van der Waals surface area contributed by atoms with Gasteiger partial charge in [0.15, 0.2) is 6.29 Å². The van der Waals surface area contributed by atoms with Gasteiger partial charge in [0.05, 0.1) is 4.90 Å². The molecule has 0 saturated heterocycles. The Balaban J connectivity index is 3.07. The molecule has 1 rings (SSSR count). The van der Waals surface area contributed by atoms with Gasteiger partial charge in [-0.2, -0.15) is 0 Å². The lowest BCUT2D eigenvalue weighted by Gasteiger charge is -1.98. The smallest absolute Gasteiger partial charge is 0.266 e. The summed E-state index contributed by atoms with van der Waals surface area (Å²) in [6, 6.07) is 4.76. The Labute approximate surface area is 86.7 Å². The minimum atomic E-state index is -0.519. The summed E-state index contributed by atoms with van der Waals surface area (Å²) >= 11 is 3.58. The summed E-state index contributed by atoms with van der Waals surface area (Å²) in [5, 5.41) is 10.2. The van der Waals surface area contributed by atoms with E-state index in [9.17, 15) is 14.9 Å². The van der Waals surface area contributed by atoms with E-state index >= 15 is 0 Å². The largest absolute Gasteiger partial charge is 0.298 e. The molecule has 0 aromatic heterocycles. The van der Waals surface area contributed by atoms with Crippen molar-refractivity contribution in [3.8, 4) is 0 Å². The minimum Gasteiger partial charge on any atom is -0.298 e. The van der Waals surface area contributed by atoms with Crippen molar-refractivity contribution in [2.24, 2.45) is 0 Å². The molecule has 1 aromatic carbocycles. The molecule has 0 saturated carbocycles. The number of nitro groups is 1. The van der Waals surface area contributed by atoms with E-state index in [2.05, 4.69) is 15.9 Å². The first-order valence-electron chi connectivity index (χ1n) is 3.21. The van der Waals surface area contributed by atoms with Crippen molar-refractivity contribution < 1.29 is 9.12 Å². The molecule has 0 unspecified atom stereocenters. The third-order valence-corrected chi connectivity index (χ3v) is 3.13. The van der Waals surface area contributed by atoms with Crippen molar-refractivity contribution in [3.05, 3.63) is 38.3 Å². The maximum atomic E-state index is 10.5. The highest BCUT2D eigenvalue weighted by molar-refractivity contribution is 9.10. The van der Waals surface area contributed by atoms with Crippen LogP contribution in [0.5, 0.6) is 0 Å². The normalized spacial score (nSPS) is 9.62. The summed E-state index contributed by atoms with van der Waals surface area (Å²) in [4.78, 5) is 21.1. The molecule has 13 heavy (non-hydrogen) atoms. The van der Waals surface area contributed by atoms with Crippen LogP contribution in [0.25, 0.3) is 0 Å². The van der Waals surface area contributed by atoms with Gasteiger partial charge in [-0.1, -0.05) is 12.1 Å². The maximum Gasteiger partial charge on any atom is 0.266 e. The van der Waals surface area contributed by atoms with E-state index in [-0.39, 0.29) is 0 Å². The van der Waals surface area contributed by atoms with Crippen LogP contribution in [0.2, 0.25) is 0 Å². The van der Waals surface area contributed by atoms with Crippen LogP contribution in [0, 0.1) is 10.1 Å². The summed E-state index contributed by atoms with van der Waals surface area (Å²) in [6.45, 7) is 0. The van der Waals surface area contributed by atoms with Crippen molar-refractivity contribution in [2.75, 3.05) is 0 Å². The maximum absolute atomic E-state index is 10.5. The molecule has 4 nitrogen and oxygen atoms in total. The summed E-state index contributed by atoms with van der Waals surface area (Å²) in [7, 11) is 0. The summed E-state index contributed by atoms with van der Waals surface area (Å²) in [5.41, 5.74) is 0.409. The number of hydrogen-bond donors (Lipinski definition) is 0. The molecule has 0 N–H and O–H groups in total. The second-order valence-electron chi connectivity index (χ2n) is 2.09. The minimum absolute atomic E-state index is 0.409. The fourth-order valence-electron chi connectivity index (χ4n) is 0.770. The monoisotopic (exact) mass is 261 g/mol. The Morgan fingerprint density at radius 1 is 1.54 bits per heavy atom. The third kappa shape index (κ3) is 2.53. The fraction of sp³-hybridized carbons (Fsp3) is 0. The van der Waals surface area contributed by atoms with E-state index < -0.39 is 4.33 Å². The Morgan fingerprint density at radius 2 is 2.23 bits per heavy atom. The predicted octanol–water partition coefficient (Wildman–Crippen LogP) is 2.55. The van der Waals surface area contributed by atoms with Crippen LogP contribution in [0.4, 0.5) is 0 Å². The van der Waals surface area contributed by atoms with Gasteiger partial charge in [-0.25, -0.2) is 0 Å². The molecule has 0 aliphatic carbocycles. The lowest BCUT2D eigenvalue weighted by molar-refractivity contribution is -0.284. The van der Waals surface area contributed by atoms with Crippen LogP contribution in [0.15, 0.2) is 27.6 Å². The van der Waals surface area contributed by atoms with Gasteiger partial charge in [-0.05, 0) is 22.0 Å².